The van der Waals surface area contributed by atoms with E-state index in [-0.39, 0.29) is 6.61 Å². The first-order valence-corrected chi connectivity index (χ1v) is 28.0. The molecule has 370 valence electrons. The summed E-state index contributed by atoms with van der Waals surface area (Å²) in [5.41, 5.74) is 0. The van der Waals surface area contributed by atoms with Crippen LogP contribution in [-0.4, -0.2) is 46.1 Å². The van der Waals surface area contributed by atoms with E-state index in [9.17, 15) is 20.1 Å². The van der Waals surface area contributed by atoms with Gasteiger partial charge in [-0.1, -0.05) is 274 Å². The van der Waals surface area contributed by atoms with Gasteiger partial charge in [-0.05, 0) is 64.2 Å². The van der Waals surface area contributed by atoms with Crippen LogP contribution in [0.2, 0.25) is 0 Å². The van der Waals surface area contributed by atoms with Crippen molar-refractivity contribution in [2.45, 2.75) is 308 Å². The van der Waals surface area contributed by atoms with Crippen molar-refractivity contribution >= 4 is 5.91 Å². The topological polar surface area (TPSA) is 89.8 Å². The van der Waals surface area contributed by atoms with Crippen molar-refractivity contribution in [3.05, 3.63) is 48.6 Å². The molecule has 0 fully saturated rings. The lowest BCUT2D eigenvalue weighted by molar-refractivity contribution is -0.131. The second-order valence-corrected chi connectivity index (χ2v) is 19.1. The van der Waals surface area contributed by atoms with Crippen LogP contribution >= 0.6 is 0 Å². The van der Waals surface area contributed by atoms with E-state index in [4.69, 9.17) is 0 Å². The molecule has 5 heteroatoms. The minimum atomic E-state index is -1.11. The smallest absolute Gasteiger partial charge is 0.249 e. The normalized spacial score (nSPS) is 13.7. The minimum absolute atomic E-state index is 0.379. The van der Waals surface area contributed by atoms with Crippen molar-refractivity contribution in [3.63, 3.8) is 0 Å². The Hall–Kier alpha value is -1.69. The van der Waals surface area contributed by atoms with Crippen molar-refractivity contribution in [2.75, 3.05) is 6.61 Å². The summed E-state index contributed by atoms with van der Waals surface area (Å²) in [4.78, 5) is 12.5. The Bertz CT molecular complexity index is 1020. The molecule has 0 radical (unpaired) electrons. The van der Waals surface area contributed by atoms with Gasteiger partial charge in [0.25, 0.3) is 0 Å². The predicted octanol–water partition coefficient (Wildman–Crippen LogP) is 17.2. The van der Waals surface area contributed by atoms with E-state index in [2.05, 4.69) is 55.6 Å². The van der Waals surface area contributed by atoms with Gasteiger partial charge in [-0.3, -0.25) is 4.79 Å². The largest absolute Gasteiger partial charge is 0.394 e. The zero-order chi connectivity index (χ0) is 45.8. The lowest BCUT2D eigenvalue weighted by atomic mass is 10.0. The van der Waals surface area contributed by atoms with Gasteiger partial charge in [0.2, 0.25) is 5.91 Å². The maximum absolute atomic E-state index is 12.5. The molecular weight excluding hydrogens is 775 g/mol. The standard InChI is InChI=1S/C58H109NO4/c1-3-5-7-9-11-13-15-17-19-21-23-25-27-29-31-32-34-36-38-40-42-44-46-48-50-52-56(61)55(54-60)59-58(63)57(62)53-51-49-47-45-43-41-39-37-35-33-30-28-26-24-22-20-18-16-14-12-10-8-6-4-2/h24,26,30,33,42,44,50,52,55-57,60-62H,3-23,25,27-29,31-32,34-41,43,45-49,51,53-54H2,1-2H3,(H,59,63)/b26-24-,33-30-,44-42+,52-50+. The maximum Gasteiger partial charge on any atom is 0.249 e. The summed E-state index contributed by atoms with van der Waals surface area (Å²) in [5, 5.41) is 33.3. The van der Waals surface area contributed by atoms with Gasteiger partial charge in [-0.25, -0.2) is 0 Å². The van der Waals surface area contributed by atoms with Crippen LogP contribution in [0.5, 0.6) is 0 Å². The molecule has 0 aliphatic rings. The lowest BCUT2D eigenvalue weighted by Gasteiger charge is -2.21. The third kappa shape index (κ3) is 48.1. The molecule has 0 rings (SSSR count). The van der Waals surface area contributed by atoms with Gasteiger partial charge in [0.15, 0.2) is 0 Å². The molecule has 0 bridgehead atoms. The van der Waals surface area contributed by atoms with E-state index in [1.807, 2.05) is 6.08 Å². The molecule has 63 heavy (non-hydrogen) atoms. The van der Waals surface area contributed by atoms with Gasteiger partial charge < -0.3 is 20.6 Å². The molecule has 0 spiro atoms. The summed E-state index contributed by atoms with van der Waals surface area (Å²) in [7, 11) is 0. The maximum atomic E-state index is 12.5. The van der Waals surface area contributed by atoms with Gasteiger partial charge in [-0.15, -0.1) is 0 Å². The second-order valence-electron chi connectivity index (χ2n) is 19.1. The number of allylic oxidation sites excluding steroid dienone is 7. The quantitative estimate of drug-likeness (QED) is 0.0362. The Labute approximate surface area is 393 Å². The number of unbranched alkanes of at least 4 members (excludes halogenated alkanes) is 37. The highest BCUT2D eigenvalue weighted by Gasteiger charge is 2.22. The first-order chi connectivity index (χ1) is 31.1. The molecule has 0 saturated heterocycles. The van der Waals surface area contributed by atoms with Crippen LogP contribution in [-0.2, 0) is 4.79 Å². The highest BCUT2D eigenvalue weighted by molar-refractivity contribution is 5.80. The van der Waals surface area contributed by atoms with Crippen LogP contribution in [0.4, 0.5) is 0 Å². The highest BCUT2D eigenvalue weighted by atomic mass is 16.3. The fourth-order valence-corrected chi connectivity index (χ4v) is 8.53. The SMILES string of the molecule is CCCCCCCCCCC/C=C\C/C=C\CCCCCCCCCCC(O)C(=O)NC(CO)C(O)/C=C/CC/C=C/CCCCCCCCCCCCCCCCCCCCC. The van der Waals surface area contributed by atoms with Crippen LogP contribution in [0.1, 0.15) is 290 Å². The zero-order valence-corrected chi connectivity index (χ0v) is 42.2. The summed E-state index contributed by atoms with van der Waals surface area (Å²) in [6.07, 6.45) is 70.4. The number of carbonyl (C=O) groups is 1. The second kappa shape index (κ2) is 52.9. The zero-order valence-electron chi connectivity index (χ0n) is 42.2. The van der Waals surface area contributed by atoms with Crippen molar-refractivity contribution in [2.24, 2.45) is 0 Å². The molecule has 4 N–H and O–H groups in total. The van der Waals surface area contributed by atoms with Crippen LogP contribution in [0.3, 0.4) is 0 Å². The minimum Gasteiger partial charge on any atom is -0.394 e. The van der Waals surface area contributed by atoms with E-state index in [0.29, 0.717) is 6.42 Å². The molecule has 0 aromatic rings. The van der Waals surface area contributed by atoms with E-state index in [1.165, 1.54) is 225 Å². The molecule has 1 amide bonds. The third-order valence-corrected chi connectivity index (χ3v) is 12.9. The number of hydrogen-bond donors (Lipinski definition) is 4. The van der Waals surface area contributed by atoms with Gasteiger partial charge in [0.05, 0.1) is 18.8 Å². The molecule has 3 atom stereocenters. The molecule has 0 saturated carbocycles. The van der Waals surface area contributed by atoms with Crippen LogP contribution < -0.4 is 5.32 Å². The molecule has 0 aromatic heterocycles. The van der Waals surface area contributed by atoms with Gasteiger partial charge in [-0.2, -0.15) is 0 Å². The van der Waals surface area contributed by atoms with Gasteiger partial charge in [0.1, 0.15) is 6.10 Å². The highest BCUT2D eigenvalue weighted by Crippen LogP contribution is 2.16. The molecule has 0 aromatic carbocycles. The predicted molar refractivity (Wildman–Crippen MR) is 277 cm³/mol. The molecule has 0 aliphatic carbocycles. The number of hydrogen-bond acceptors (Lipinski definition) is 4. The third-order valence-electron chi connectivity index (χ3n) is 12.9. The summed E-state index contributed by atoms with van der Waals surface area (Å²) >= 11 is 0. The van der Waals surface area contributed by atoms with E-state index >= 15 is 0 Å². The number of rotatable bonds is 51. The number of aliphatic hydroxyl groups excluding tert-OH is 3. The first-order valence-electron chi connectivity index (χ1n) is 28.0. The Morgan fingerprint density at radius 1 is 0.397 bits per heavy atom. The molecule has 0 heterocycles. The molecule has 0 aliphatic heterocycles. The number of aliphatic hydroxyl groups is 3. The van der Waals surface area contributed by atoms with Crippen LogP contribution in [0, 0.1) is 0 Å². The van der Waals surface area contributed by atoms with Crippen molar-refractivity contribution in [3.8, 4) is 0 Å². The molecule has 5 nitrogen and oxygen atoms in total. The van der Waals surface area contributed by atoms with E-state index in [0.717, 1.165) is 44.9 Å². The lowest BCUT2D eigenvalue weighted by Crippen LogP contribution is -2.48. The average Bonchev–Trinajstić information content (AvgIpc) is 3.29. The van der Waals surface area contributed by atoms with Crippen molar-refractivity contribution in [1.29, 1.82) is 0 Å². The van der Waals surface area contributed by atoms with E-state index < -0.39 is 24.2 Å². The Morgan fingerprint density at radius 3 is 1.06 bits per heavy atom. The van der Waals surface area contributed by atoms with Crippen molar-refractivity contribution in [1.82, 2.24) is 5.32 Å². The van der Waals surface area contributed by atoms with Crippen molar-refractivity contribution < 1.29 is 20.1 Å². The number of nitrogens with one attached hydrogen (secondary N) is 1. The summed E-state index contributed by atoms with van der Waals surface area (Å²) in [6.45, 7) is 4.20. The van der Waals surface area contributed by atoms with E-state index in [1.54, 1.807) is 6.08 Å². The number of carbonyl (C=O) groups excluding carboxylic acids is 1. The summed E-state index contributed by atoms with van der Waals surface area (Å²) < 4.78 is 0. The summed E-state index contributed by atoms with van der Waals surface area (Å²) in [6, 6.07) is -0.820. The molecule has 3 unspecified atom stereocenters. The van der Waals surface area contributed by atoms with Gasteiger partial charge >= 0.3 is 0 Å². The Morgan fingerprint density at radius 2 is 0.698 bits per heavy atom. The number of amides is 1. The Kier molecular flexibility index (Phi) is 51.5. The molecular formula is C58H109NO4. The van der Waals surface area contributed by atoms with Gasteiger partial charge in [0, 0.05) is 0 Å². The fraction of sp³-hybridized carbons (Fsp3) is 0.845. The van der Waals surface area contributed by atoms with Crippen LogP contribution in [0.15, 0.2) is 48.6 Å². The van der Waals surface area contributed by atoms with Crippen LogP contribution in [0.25, 0.3) is 0 Å². The first kappa shape index (κ1) is 61.3. The summed E-state index contributed by atoms with van der Waals surface area (Å²) in [5.74, 6) is -0.515. The Balaban J connectivity index is 3.64. The fourth-order valence-electron chi connectivity index (χ4n) is 8.53. The monoisotopic (exact) mass is 884 g/mol. The average molecular weight is 885 g/mol.